The molecule has 2 aromatic rings. The number of hydrogen-bond donors (Lipinski definition) is 2. The van der Waals surface area contributed by atoms with Crippen LogP contribution in [0.2, 0.25) is 0 Å². The van der Waals surface area contributed by atoms with Crippen molar-refractivity contribution < 1.29 is 5.11 Å². The van der Waals surface area contributed by atoms with E-state index in [9.17, 15) is 0 Å². The van der Waals surface area contributed by atoms with Crippen molar-refractivity contribution in [2.24, 2.45) is 0 Å². The predicted molar refractivity (Wildman–Crippen MR) is 60.7 cm³/mol. The first kappa shape index (κ1) is 10.6. The maximum absolute atomic E-state index is 9.07. The molecule has 0 aliphatic carbocycles. The van der Waals surface area contributed by atoms with Crippen LogP contribution in [0.4, 0.5) is 0 Å². The van der Waals surface area contributed by atoms with Gasteiger partial charge in [0, 0.05) is 25.5 Å². The summed E-state index contributed by atoms with van der Waals surface area (Å²) in [4.78, 5) is 8.04. The van der Waals surface area contributed by atoms with Gasteiger partial charge in [0.05, 0.1) is 11.9 Å². The van der Waals surface area contributed by atoms with Crippen LogP contribution in [0.25, 0.3) is 0 Å². The Balaban J connectivity index is 1.82. The van der Waals surface area contributed by atoms with Crippen LogP contribution in [0.3, 0.4) is 0 Å². The first-order chi connectivity index (χ1) is 7.84. The number of nitrogens with one attached hydrogen (secondary N) is 1. The Kier molecular flexibility index (Phi) is 3.46. The second-order valence-corrected chi connectivity index (χ2v) is 3.47. The third-order valence-corrected chi connectivity index (χ3v) is 2.19. The van der Waals surface area contributed by atoms with Crippen LogP contribution < -0.4 is 5.32 Å². The van der Waals surface area contributed by atoms with Gasteiger partial charge < -0.3 is 10.4 Å². The smallest absolute Gasteiger partial charge is 0.133 e. The van der Waals surface area contributed by atoms with Gasteiger partial charge in [-0.2, -0.15) is 0 Å². The van der Waals surface area contributed by atoms with E-state index in [2.05, 4.69) is 15.3 Å². The van der Waals surface area contributed by atoms with Crippen molar-refractivity contribution in [3.63, 3.8) is 0 Å². The van der Waals surface area contributed by atoms with E-state index in [0.717, 1.165) is 12.2 Å². The minimum absolute atomic E-state index is 0.192. The molecule has 0 aromatic carbocycles. The van der Waals surface area contributed by atoms with Crippen LogP contribution >= 0.6 is 0 Å². The van der Waals surface area contributed by atoms with E-state index in [1.165, 1.54) is 11.8 Å². The van der Waals surface area contributed by atoms with Crippen LogP contribution in [0.15, 0.2) is 42.9 Å². The van der Waals surface area contributed by atoms with Crippen LogP contribution in [0.5, 0.6) is 5.75 Å². The number of aromatic nitrogens is 2. The molecule has 82 valence electrons. The lowest BCUT2D eigenvalue weighted by Gasteiger charge is -2.04. The molecule has 0 saturated carbocycles. The van der Waals surface area contributed by atoms with Gasteiger partial charge in [-0.25, -0.2) is 0 Å². The van der Waals surface area contributed by atoms with Crippen molar-refractivity contribution >= 4 is 0 Å². The molecule has 0 fully saturated rings. The Labute approximate surface area is 94.0 Å². The van der Waals surface area contributed by atoms with Gasteiger partial charge in [0.2, 0.25) is 0 Å². The van der Waals surface area contributed by atoms with E-state index >= 15 is 0 Å². The first-order valence-corrected chi connectivity index (χ1v) is 5.08. The van der Waals surface area contributed by atoms with Crippen molar-refractivity contribution in [1.82, 2.24) is 15.3 Å². The molecule has 0 amide bonds. The molecule has 0 radical (unpaired) electrons. The molecule has 2 N–H and O–H groups in total. The quantitative estimate of drug-likeness (QED) is 0.811. The highest BCUT2D eigenvalue weighted by Gasteiger charge is 1.95. The summed E-state index contributed by atoms with van der Waals surface area (Å²) in [6.07, 6.45) is 5.00. The van der Waals surface area contributed by atoms with E-state index in [1.807, 2.05) is 12.1 Å². The van der Waals surface area contributed by atoms with Gasteiger partial charge in [-0.15, -0.1) is 0 Å². The van der Waals surface area contributed by atoms with Crippen molar-refractivity contribution in [3.05, 3.63) is 54.1 Å². The van der Waals surface area contributed by atoms with Gasteiger partial charge >= 0.3 is 0 Å². The van der Waals surface area contributed by atoms with Gasteiger partial charge in [-0.1, -0.05) is 0 Å². The third kappa shape index (κ3) is 3.03. The van der Waals surface area contributed by atoms with Gasteiger partial charge in [-0.05, 0) is 29.8 Å². The summed E-state index contributed by atoms with van der Waals surface area (Å²) < 4.78 is 0. The molecule has 0 unspecified atom stereocenters. The molecule has 0 saturated heterocycles. The summed E-state index contributed by atoms with van der Waals surface area (Å²) >= 11 is 0. The lowest BCUT2D eigenvalue weighted by molar-refractivity contribution is 0.471. The number of rotatable bonds is 4. The summed E-state index contributed by atoms with van der Waals surface area (Å²) in [5.41, 5.74) is 2.10. The molecule has 16 heavy (non-hydrogen) atoms. The molecule has 0 spiro atoms. The Morgan fingerprint density at radius 1 is 1.06 bits per heavy atom. The fourth-order valence-corrected chi connectivity index (χ4v) is 1.36. The summed E-state index contributed by atoms with van der Waals surface area (Å²) in [7, 11) is 0. The van der Waals surface area contributed by atoms with Gasteiger partial charge in [-0.3, -0.25) is 9.97 Å². The van der Waals surface area contributed by atoms with E-state index in [0.29, 0.717) is 6.54 Å². The number of hydrogen-bond acceptors (Lipinski definition) is 4. The number of aromatic hydroxyl groups is 1. The van der Waals surface area contributed by atoms with Crippen molar-refractivity contribution in [2.45, 2.75) is 13.1 Å². The highest BCUT2D eigenvalue weighted by molar-refractivity contribution is 5.18. The van der Waals surface area contributed by atoms with Crippen LogP contribution in [0.1, 0.15) is 11.3 Å². The van der Waals surface area contributed by atoms with Crippen LogP contribution in [-0.4, -0.2) is 15.1 Å². The molecule has 4 heteroatoms. The average molecular weight is 215 g/mol. The van der Waals surface area contributed by atoms with Crippen molar-refractivity contribution in [1.29, 1.82) is 0 Å². The molecule has 2 aromatic heterocycles. The monoisotopic (exact) mass is 215 g/mol. The molecular formula is C12H13N3O. The molecular weight excluding hydrogens is 202 g/mol. The molecule has 0 aliphatic rings. The van der Waals surface area contributed by atoms with Crippen molar-refractivity contribution in [2.75, 3.05) is 0 Å². The van der Waals surface area contributed by atoms with E-state index in [1.54, 1.807) is 24.5 Å². The second kappa shape index (κ2) is 5.23. The Morgan fingerprint density at radius 3 is 2.56 bits per heavy atom. The first-order valence-electron chi connectivity index (χ1n) is 5.08. The zero-order valence-corrected chi connectivity index (χ0v) is 8.80. The van der Waals surface area contributed by atoms with Gasteiger partial charge in [0.1, 0.15) is 5.75 Å². The van der Waals surface area contributed by atoms with Crippen LogP contribution in [0, 0.1) is 0 Å². The minimum atomic E-state index is 0.192. The van der Waals surface area contributed by atoms with E-state index in [-0.39, 0.29) is 5.75 Å². The SMILES string of the molecule is Oc1ccc(CNCc2ccncc2)nc1. The summed E-state index contributed by atoms with van der Waals surface area (Å²) in [5.74, 6) is 0.192. The molecule has 0 atom stereocenters. The zero-order valence-electron chi connectivity index (χ0n) is 8.80. The highest BCUT2D eigenvalue weighted by Crippen LogP contribution is 2.05. The standard InChI is InChI=1S/C12H13N3O/c16-12-2-1-11(15-9-12)8-14-7-10-3-5-13-6-4-10/h1-6,9,14,16H,7-8H2. The molecule has 4 nitrogen and oxygen atoms in total. The summed E-state index contributed by atoms with van der Waals surface area (Å²) in [6.45, 7) is 1.47. The highest BCUT2D eigenvalue weighted by atomic mass is 16.3. The zero-order chi connectivity index (χ0) is 11.2. The van der Waals surface area contributed by atoms with Gasteiger partial charge in [0.15, 0.2) is 0 Å². The Hall–Kier alpha value is -1.94. The number of pyridine rings is 2. The maximum atomic E-state index is 9.07. The summed E-state index contributed by atoms with van der Waals surface area (Å²) in [5, 5.41) is 12.3. The van der Waals surface area contributed by atoms with E-state index in [4.69, 9.17) is 5.11 Å². The molecule has 0 aliphatic heterocycles. The minimum Gasteiger partial charge on any atom is -0.506 e. The maximum Gasteiger partial charge on any atom is 0.133 e. The average Bonchev–Trinajstić information content (AvgIpc) is 2.33. The fourth-order valence-electron chi connectivity index (χ4n) is 1.36. The number of nitrogens with zero attached hydrogens (tertiary/aromatic N) is 2. The van der Waals surface area contributed by atoms with Crippen molar-refractivity contribution in [3.8, 4) is 5.75 Å². The Morgan fingerprint density at radius 2 is 1.88 bits per heavy atom. The van der Waals surface area contributed by atoms with Crippen LogP contribution in [-0.2, 0) is 13.1 Å². The molecule has 2 rings (SSSR count). The van der Waals surface area contributed by atoms with E-state index < -0.39 is 0 Å². The lowest BCUT2D eigenvalue weighted by atomic mass is 10.2. The molecule has 0 bridgehead atoms. The summed E-state index contributed by atoms with van der Waals surface area (Å²) in [6, 6.07) is 7.37. The largest absolute Gasteiger partial charge is 0.506 e. The van der Waals surface area contributed by atoms with Gasteiger partial charge in [0.25, 0.3) is 0 Å². The second-order valence-electron chi connectivity index (χ2n) is 3.47. The topological polar surface area (TPSA) is 58.0 Å². The predicted octanol–water partition coefficient (Wildman–Crippen LogP) is 1.47. The lowest BCUT2D eigenvalue weighted by Crippen LogP contribution is -2.13. The fraction of sp³-hybridized carbons (Fsp3) is 0.167. The third-order valence-electron chi connectivity index (χ3n) is 2.19. The Bertz CT molecular complexity index is 428. The normalized spacial score (nSPS) is 10.2. The molecule has 2 heterocycles.